The van der Waals surface area contributed by atoms with E-state index in [2.05, 4.69) is 0 Å². The van der Waals surface area contributed by atoms with Crippen molar-refractivity contribution in [2.45, 2.75) is 0 Å². The van der Waals surface area contributed by atoms with Crippen LogP contribution in [0.15, 0.2) is 48.5 Å². The number of para-hydroxylation sites is 1. The maximum Gasteiger partial charge on any atom is 0.347 e. The Balaban J connectivity index is 2.19. The van der Waals surface area contributed by atoms with Crippen molar-refractivity contribution in [3.05, 3.63) is 54.1 Å². The molecular weight excluding hydrogens is 232 g/mol. The predicted octanol–water partition coefficient (Wildman–Crippen LogP) is 2.62. The first-order chi connectivity index (χ1) is 8.70. The molecule has 0 spiro atoms. The van der Waals surface area contributed by atoms with Crippen LogP contribution >= 0.6 is 0 Å². The van der Waals surface area contributed by atoms with Gasteiger partial charge in [0.1, 0.15) is 22.8 Å². The number of carbonyl (C=O) groups is 1. The van der Waals surface area contributed by atoms with Crippen molar-refractivity contribution in [2.75, 3.05) is 7.11 Å². The van der Waals surface area contributed by atoms with Crippen LogP contribution in [0.5, 0.6) is 17.2 Å². The van der Waals surface area contributed by atoms with Crippen LogP contribution in [0.3, 0.4) is 0 Å². The molecule has 0 aliphatic rings. The van der Waals surface area contributed by atoms with Gasteiger partial charge in [-0.1, -0.05) is 18.2 Å². The number of rotatable bonds is 3. The van der Waals surface area contributed by atoms with Crippen molar-refractivity contribution < 1.29 is 19.4 Å². The number of esters is 1. The molecule has 18 heavy (non-hydrogen) atoms. The van der Waals surface area contributed by atoms with Gasteiger partial charge in [-0.3, -0.25) is 0 Å². The second-order valence-corrected chi connectivity index (χ2v) is 3.59. The van der Waals surface area contributed by atoms with Crippen LogP contribution in [-0.4, -0.2) is 18.2 Å². The van der Waals surface area contributed by atoms with Gasteiger partial charge in [-0.2, -0.15) is 0 Å². The summed E-state index contributed by atoms with van der Waals surface area (Å²) < 4.78 is 10.2. The fourth-order valence-electron chi connectivity index (χ4n) is 1.47. The first-order valence-corrected chi connectivity index (χ1v) is 5.35. The van der Waals surface area contributed by atoms with Crippen LogP contribution in [0, 0.1) is 0 Å². The highest BCUT2D eigenvalue weighted by atomic mass is 16.5. The molecule has 0 aromatic heterocycles. The minimum absolute atomic E-state index is 0.106. The minimum atomic E-state index is -0.610. The highest BCUT2D eigenvalue weighted by molar-refractivity contribution is 5.93. The Labute approximate surface area is 104 Å². The van der Waals surface area contributed by atoms with Crippen LogP contribution in [0.2, 0.25) is 0 Å². The summed E-state index contributed by atoms with van der Waals surface area (Å²) >= 11 is 0. The van der Waals surface area contributed by atoms with Gasteiger partial charge in [0.2, 0.25) is 0 Å². The zero-order valence-electron chi connectivity index (χ0n) is 9.79. The van der Waals surface area contributed by atoms with E-state index in [0.717, 1.165) is 0 Å². The van der Waals surface area contributed by atoms with Gasteiger partial charge in [0, 0.05) is 6.07 Å². The van der Waals surface area contributed by atoms with Gasteiger partial charge in [-0.25, -0.2) is 4.79 Å². The Morgan fingerprint density at radius 2 is 1.78 bits per heavy atom. The Kier molecular flexibility index (Phi) is 3.48. The van der Waals surface area contributed by atoms with Gasteiger partial charge in [0.05, 0.1) is 7.11 Å². The quantitative estimate of drug-likeness (QED) is 0.666. The van der Waals surface area contributed by atoms with Crippen molar-refractivity contribution in [3.8, 4) is 17.2 Å². The second-order valence-electron chi connectivity index (χ2n) is 3.59. The third-order valence-electron chi connectivity index (χ3n) is 2.38. The van der Waals surface area contributed by atoms with Crippen LogP contribution in [0.25, 0.3) is 0 Å². The molecule has 0 saturated heterocycles. The third-order valence-corrected chi connectivity index (χ3v) is 2.38. The van der Waals surface area contributed by atoms with E-state index in [0.29, 0.717) is 11.5 Å². The van der Waals surface area contributed by atoms with Gasteiger partial charge in [-0.15, -0.1) is 0 Å². The largest absolute Gasteiger partial charge is 0.507 e. The average Bonchev–Trinajstić information content (AvgIpc) is 2.39. The molecule has 1 N–H and O–H groups in total. The predicted molar refractivity (Wildman–Crippen MR) is 66.1 cm³/mol. The van der Waals surface area contributed by atoms with Gasteiger partial charge < -0.3 is 14.6 Å². The second kappa shape index (κ2) is 5.23. The number of carbonyl (C=O) groups excluding carboxylic acids is 1. The van der Waals surface area contributed by atoms with Gasteiger partial charge in [0.15, 0.2) is 0 Å². The van der Waals surface area contributed by atoms with E-state index in [9.17, 15) is 9.90 Å². The standard InChI is InChI=1S/C14H12O4/c1-17-10-5-4-6-11(9-10)18-14(16)12-7-2-3-8-13(12)15/h2-9,15H,1H3. The number of phenols is 1. The number of methoxy groups -OCH3 is 1. The average molecular weight is 244 g/mol. The molecule has 2 aromatic carbocycles. The molecular formula is C14H12O4. The highest BCUT2D eigenvalue weighted by Crippen LogP contribution is 2.22. The molecule has 4 heteroatoms. The molecule has 0 radical (unpaired) electrons. The minimum Gasteiger partial charge on any atom is -0.507 e. The fourth-order valence-corrected chi connectivity index (χ4v) is 1.47. The lowest BCUT2D eigenvalue weighted by Crippen LogP contribution is -2.08. The van der Waals surface area contributed by atoms with E-state index in [1.807, 2.05) is 0 Å². The Morgan fingerprint density at radius 1 is 1.06 bits per heavy atom. The van der Waals surface area contributed by atoms with Crippen molar-refractivity contribution in [1.29, 1.82) is 0 Å². The lowest BCUT2D eigenvalue weighted by atomic mass is 10.2. The molecule has 0 atom stereocenters. The van der Waals surface area contributed by atoms with E-state index in [4.69, 9.17) is 9.47 Å². The van der Waals surface area contributed by atoms with Crippen LogP contribution < -0.4 is 9.47 Å². The van der Waals surface area contributed by atoms with Gasteiger partial charge in [0.25, 0.3) is 0 Å². The molecule has 92 valence electrons. The molecule has 0 heterocycles. The van der Waals surface area contributed by atoms with E-state index >= 15 is 0 Å². The summed E-state index contributed by atoms with van der Waals surface area (Å²) in [4.78, 5) is 11.8. The summed E-state index contributed by atoms with van der Waals surface area (Å²) in [5.41, 5.74) is 0.125. The molecule has 2 aromatic rings. The first-order valence-electron chi connectivity index (χ1n) is 5.35. The molecule has 2 rings (SSSR count). The highest BCUT2D eigenvalue weighted by Gasteiger charge is 2.12. The van der Waals surface area contributed by atoms with Crippen molar-refractivity contribution in [1.82, 2.24) is 0 Å². The van der Waals surface area contributed by atoms with E-state index < -0.39 is 5.97 Å². The van der Waals surface area contributed by atoms with Crippen LogP contribution in [-0.2, 0) is 0 Å². The summed E-state index contributed by atoms with van der Waals surface area (Å²) in [6.07, 6.45) is 0. The molecule has 0 fully saturated rings. The topological polar surface area (TPSA) is 55.8 Å². The maximum atomic E-state index is 11.8. The maximum absolute atomic E-state index is 11.8. The number of hydrogen-bond donors (Lipinski definition) is 1. The van der Waals surface area contributed by atoms with Crippen LogP contribution in [0.4, 0.5) is 0 Å². The summed E-state index contributed by atoms with van der Waals surface area (Å²) in [5.74, 6) is 0.243. The van der Waals surface area contributed by atoms with Crippen molar-refractivity contribution in [2.24, 2.45) is 0 Å². The summed E-state index contributed by atoms with van der Waals surface area (Å²) in [6, 6.07) is 12.9. The number of hydrogen-bond acceptors (Lipinski definition) is 4. The Bertz CT molecular complexity index is 563. The molecule has 0 unspecified atom stereocenters. The third kappa shape index (κ3) is 2.60. The number of aromatic hydroxyl groups is 1. The van der Waals surface area contributed by atoms with Gasteiger partial charge >= 0.3 is 5.97 Å². The first kappa shape index (κ1) is 12.0. The molecule has 0 aliphatic carbocycles. The molecule has 4 nitrogen and oxygen atoms in total. The monoisotopic (exact) mass is 244 g/mol. The van der Waals surface area contributed by atoms with Crippen molar-refractivity contribution in [3.63, 3.8) is 0 Å². The van der Waals surface area contributed by atoms with E-state index in [1.165, 1.54) is 19.2 Å². The fraction of sp³-hybridized carbons (Fsp3) is 0.0714. The Hall–Kier alpha value is -2.49. The Morgan fingerprint density at radius 3 is 2.50 bits per heavy atom. The summed E-state index contributed by atoms with van der Waals surface area (Å²) in [7, 11) is 1.53. The molecule has 0 amide bonds. The number of benzene rings is 2. The zero-order valence-corrected chi connectivity index (χ0v) is 9.79. The number of ether oxygens (including phenoxy) is 2. The SMILES string of the molecule is COc1cccc(OC(=O)c2ccccc2O)c1. The van der Waals surface area contributed by atoms with Crippen molar-refractivity contribution >= 4 is 5.97 Å². The normalized spacial score (nSPS) is 9.83. The van der Waals surface area contributed by atoms with Gasteiger partial charge in [-0.05, 0) is 24.3 Å². The smallest absolute Gasteiger partial charge is 0.347 e. The number of phenolic OH excluding ortho intramolecular Hbond substituents is 1. The molecule has 0 bridgehead atoms. The van der Waals surface area contributed by atoms with Crippen LogP contribution in [0.1, 0.15) is 10.4 Å². The zero-order chi connectivity index (χ0) is 13.0. The molecule has 0 saturated carbocycles. The lowest BCUT2D eigenvalue weighted by Gasteiger charge is -2.06. The summed E-state index contributed by atoms with van der Waals surface area (Å²) in [6.45, 7) is 0. The van der Waals surface area contributed by atoms with E-state index in [1.54, 1.807) is 36.4 Å². The summed E-state index contributed by atoms with van der Waals surface area (Å²) in [5, 5.41) is 9.53. The molecule has 0 aliphatic heterocycles. The lowest BCUT2D eigenvalue weighted by molar-refractivity contribution is 0.0731. The van der Waals surface area contributed by atoms with E-state index in [-0.39, 0.29) is 11.3 Å².